The summed E-state index contributed by atoms with van der Waals surface area (Å²) >= 11 is 18.5. The summed E-state index contributed by atoms with van der Waals surface area (Å²) in [5.74, 6) is -0.442. The Labute approximate surface area is 169 Å². The summed E-state index contributed by atoms with van der Waals surface area (Å²) in [6.45, 7) is 1.55. The molecule has 27 heavy (non-hydrogen) atoms. The van der Waals surface area contributed by atoms with E-state index in [4.69, 9.17) is 40.5 Å². The fraction of sp³-hybridized carbons (Fsp3) is 0.111. The lowest BCUT2D eigenvalue weighted by Crippen LogP contribution is -2.09. The summed E-state index contributed by atoms with van der Waals surface area (Å²) in [6, 6.07) is 9.64. The van der Waals surface area contributed by atoms with E-state index in [0.29, 0.717) is 16.1 Å². The molecule has 0 saturated carbocycles. The van der Waals surface area contributed by atoms with Gasteiger partial charge in [-0.1, -0.05) is 40.0 Å². The number of benzene rings is 2. The highest BCUT2D eigenvalue weighted by atomic mass is 35.5. The Bertz CT molecular complexity index is 1020. The molecule has 0 spiro atoms. The van der Waals surface area contributed by atoms with Crippen LogP contribution in [0, 0.1) is 0 Å². The highest BCUT2D eigenvalue weighted by molar-refractivity contribution is 6.41. The van der Waals surface area contributed by atoms with Crippen molar-refractivity contribution in [3.8, 4) is 0 Å². The van der Waals surface area contributed by atoms with Gasteiger partial charge in [0.05, 0.1) is 22.2 Å². The second kappa shape index (κ2) is 7.68. The van der Waals surface area contributed by atoms with Crippen molar-refractivity contribution in [3.05, 3.63) is 73.9 Å². The lowest BCUT2D eigenvalue weighted by molar-refractivity contribution is 0.101. The largest absolute Gasteiger partial charge is 0.382 e. The molecule has 3 aromatic rings. The number of aromatic nitrogens is 3. The molecule has 0 saturated heterocycles. The fourth-order valence-corrected chi connectivity index (χ4v) is 3.37. The van der Waals surface area contributed by atoms with E-state index in [1.165, 1.54) is 11.6 Å². The van der Waals surface area contributed by atoms with Crippen molar-refractivity contribution in [3.63, 3.8) is 0 Å². The third kappa shape index (κ3) is 3.98. The number of ketones is 2. The van der Waals surface area contributed by atoms with Gasteiger partial charge in [0.15, 0.2) is 23.1 Å². The number of nitrogens with two attached hydrogens (primary N) is 1. The molecule has 1 heterocycles. The number of hydrogen-bond acceptors (Lipinski definition) is 5. The number of hydrogen-bond donors (Lipinski definition) is 1. The molecule has 1 aromatic heterocycles. The van der Waals surface area contributed by atoms with E-state index < -0.39 is 0 Å². The van der Waals surface area contributed by atoms with Gasteiger partial charge in [-0.15, -0.1) is 5.10 Å². The van der Waals surface area contributed by atoms with Gasteiger partial charge < -0.3 is 5.73 Å². The van der Waals surface area contributed by atoms with E-state index in [2.05, 4.69) is 10.3 Å². The topological polar surface area (TPSA) is 90.9 Å². The maximum atomic E-state index is 12.7. The van der Waals surface area contributed by atoms with Crippen LogP contribution in [0.15, 0.2) is 36.4 Å². The standard InChI is InChI=1S/C18H13Cl3N4O2/c1-9(26)16-18(22)25(24-23-16)8-10-6-13(20)15(14(21)7-10)17(27)11-2-4-12(19)5-3-11/h2-7H,8,22H2,1H3. The summed E-state index contributed by atoms with van der Waals surface area (Å²) < 4.78 is 1.36. The zero-order valence-corrected chi connectivity index (χ0v) is 16.3. The Kier molecular flexibility index (Phi) is 5.51. The van der Waals surface area contributed by atoms with Crippen LogP contribution in [0.3, 0.4) is 0 Å². The smallest absolute Gasteiger partial charge is 0.196 e. The molecule has 6 nitrogen and oxygen atoms in total. The van der Waals surface area contributed by atoms with Crippen molar-refractivity contribution < 1.29 is 9.59 Å². The molecule has 138 valence electrons. The van der Waals surface area contributed by atoms with Crippen LogP contribution in [-0.2, 0) is 6.54 Å². The molecule has 0 unspecified atom stereocenters. The molecule has 0 aliphatic rings. The predicted molar refractivity (Wildman–Crippen MR) is 105 cm³/mol. The van der Waals surface area contributed by atoms with Crippen molar-refractivity contribution in [1.82, 2.24) is 15.0 Å². The monoisotopic (exact) mass is 422 g/mol. The SMILES string of the molecule is CC(=O)c1nnn(Cc2cc(Cl)c(C(=O)c3ccc(Cl)cc3)c(Cl)c2)c1N. The molecular weight excluding hydrogens is 411 g/mol. The second-order valence-corrected chi connectivity index (χ2v) is 7.06. The van der Waals surface area contributed by atoms with Gasteiger partial charge in [0.1, 0.15) is 0 Å². The van der Waals surface area contributed by atoms with Crippen LogP contribution in [0.2, 0.25) is 15.1 Å². The van der Waals surface area contributed by atoms with Crippen LogP contribution >= 0.6 is 34.8 Å². The molecule has 0 atom stereocenters. The second-order valence-electron chi connectivity index (χ2n) is 5.81. The molecule has 0 fully saturated rings. The number of halogens is 3. The summed E-state index contributed by atoms with van der Waals surface area (Å²) in [5.41, 5.74) is 7.25. The molecule has 9 heteroatoms. The molecule has 3 rings (SSSR count). The van der Waals surface area contributed by atoms with Crippen molar-refractivity contribution in [2.24, 2.45) is 0 Å². The van der Waals surface area contributed by atoms with Crippen LogP contribution in [0.1, 0.15) is 38.9 Å². The maximum absolute atomic E-state index is 12.7. The quantitative estimate of drug-likeness (QED) is 0.618. The van der Waals surface area contributed by atoms with Gasteiger partial charge in [0.25, 0.3) is 0 Å². The normalized spacial score (nSPS) is 10.8. The van der Waals surface area contributed by atoms with Crippen LogP contribution in [0.25, 0.3) is 0 Å². The van der Waals surface area contributed by atoms with Crippen molar-refractivity contribution >= 4 is 52.2 Å². The summed E-state index contributed by atoms with van der Waals surface area (Å²) in [4.78, 5) is 24.1. The van der Waals surface area contributed by atoms with Crippen molar-refractivity contribution in [2.45, 2.75) is 13.5 Å². The number of rotatable bonds is 5. The van der Waals surface area contributed by atoms with Crippen LogP contribution in [-0.4, -0.2) is 26.6 Å². The van der Waals surface area contributed by atoms with Gasteiger partial charge in [-0.3, -0.25) is 9.59 Å². The first-order valence-electron chi connectivity index (χ1n) is 7.76. The van der Waals surface area contributed by atoms with Gasteiger partial charge in [-0.25, -0.2) is 4.68 Å². The van der Waals surface area contributed by atoms with E-state index in [0.717, 1.165) is 0 Å². The summed E-state index contributed by atoms with van der Waals surface area (Å²) in [5, 5.41) is 8.53. The average Bonchev–Trinajstić information content (AvgIpc) is 2.95. The number of anilines is 1. The first kappa shape index (κ1) is 19.4. The van der Waals surface area contributed by atoms with E-state index in [1.807, 2.05) is 0 Å². The first-order chi connectivity index (χ1) is 12.8. The first-order valence-corrected chi connectivity index (χ1v) is 8.89. The lowest BCUT2D eigenvalue weighted by atomic mass is 10.0. The highest BCUT2D eigenvalue weighted by Crippen LogP contribution is 2.30. The van der Waals surface area contributed by atoms with Crippen LogP contribution in [0.5, 0.6) is 0 Å². The fourth-order valence-electron chi connectivity index (χ4n) is 2.54. The molecule has 0 radical (unpaired) electrons. The molecule has 2 N–H and O–H groups in total. The van der Waals surface area contributed by atoms with Gasteiger partial charge >= 0.3 is 0 Å². The Morgan fingerprint density at radius 3 is 2.19 bits per heavy atom. The van der Waals surface area contributed by atoms with Gasteiger partial charge in [-0.05, 0) is 42.0 Å². The Morgan fingerprint density at radius 2 is 1.67 bits per heavy atom. The van der Waals surface area contributed by atoms with Gasteiger partial charge in [0.2, 0.25) is 0 Å². The Hall–Kier alpha value is -2.41. The molecular formula is C18H13Cl3N4O2. The van der Waals surface area contributed by atoms with E-state index in [-0.39, 0.29) is 45.2 Å². The maximum Gasteiger partial charge on any atom is 0.196 e. The zero-order valence-electron chi connectivity index (χ0n) is 14.0. The number of carbonyl (C=O) groups is 2. The van der Waals surface area contributed by atoms with Crippen molar-refractivity contribution in [2.75, 3.05) is 5.73 Å². The lowest BCUT2D eigenvalue weighted by Gasteiger charge is -2.10. The Balaban J connectivity index is 1.92. The molecule has 0 bridgehead atoms. The third-order valence-electron chi connectivity index (χ3n) is 3.87. The molecule has 2 aromatic carbocycles. The molecule has 0 aliphatic heterocycles. The van der Waals surface area contributed by atoms with Crippen LogP contribution < -0.4 is 5.73 Å². The number of nitrogen functional groups attached to an aromatic ring is 1. The third-order valence-corrected chi connectivity index (χ3v) is 4.72. The average molecular weight is 424 g/mol. The minimum absolute atomic E-state index is 0.0988. The number of nitrogens with zero attached hydrogens (tertiary/aromatic N) is 3. The molecule has 0 aliphatic carbocycles. The number of Topliss-reactive ketones (excluding diaryl/α,β-unsaturated/α-hetero) is 1. The minimum Gasteiger partial charge on any atom is -0.382 e. The van der Waals surface area contributed by atoms with Gasteiger partial charge in [0, 0.05) is 17.5 Å². The van der Waals surface area contributed by atoms with E-state index in [9.17, 15) is 9.59 Å². The number of carbonyl (C=O) groups excluding carboxylic acids is 2. The predicted octanol–water partition coefficient (Wildman–Crippen LogP) is 4.30. The zero-order chi connectivity index (χ0) is 19.7. The summed E-state index contributed by atoms with van der Waals surface area (Å²) in [7, 11) is 0. The van der Waals surface area contributed by atoms with Crippen LogP contribution in [0.4, 0.5) is 5.82 Å². The Morgan fingerprint density at radius 1 is 1.07 bits per heavy atom. The summed E-state index contributed by atoms with van der Waals surface area (Å²) in [6.07, 6.45) is 0. The van der Waals surface area contributed by atoms with Gasteiger partial charge in [-0.2, -0.15) is 0 Å². The minimum atomic E-state index is -0.313. The van der Waals surface area contributed by atoms with E-state index in [1.54, 1.807) is 36.4 Å². The van der Waals surface area contributed by atoms with Crippen molar-refractivity contribution in [1.29, 1.82) is 0 Å². The highest BCUT2D eigenvalue weighted by Gasteiger charge is 2.19. The van der Waals surface area contributed by atoms with E-state index >= 15 is 0 Å². The molecule has 0 amide bonds.